The minimum absolute atomic E-state index is 0.623. The Kier molecular flexibility index (Phi) is 8.87. The molecular formula is C57H35N3S2. The molecular weight excluding hydrogens is 791 g/mol. The summed E-state index contributed by atoms with van der Waals surface area (Å²) in [6.45, 7) is 0. The maximum absolute atomic E-state index is 5.61. The van der Waals surface area contributed by atoms with Gasteiger partial charge in [-0.2, -0.15) is 0 Å². The molecule has 0 unspecified atom stereocenters. The molecule has 0 aliphatic rings. The third kappa shape index (κ3) is 6.21. The van der Waals surface area contributed by atoms with Crippen LogP contribution in [0.3, 0.4) is 0 Å². The van der Waals surface area contributed by atoms with E-state index in [0.29, 0.717) is 17.5 Å². The van der Waals surface area contributed by atoms with Crippen LogP contribution in [0.25, 0.3) is 119 Å². The van der Waals surface area contributed by atoms with Crippen molar-refractivity contribution < 1.29 is 0 Å². The molecule has 0 radical (unpaired) electrons. The van der Waals surface area contributed by atoms with Crippen LogP contribution in [-0.2, 0) is 0 Å². The van der Waals surface area contributed by atoms with Gasteiger partial charge >= 0.3 is 0 Å². The fourth-order valence-corrected chi connectivity index (χ4v) is 11.3. The van der Waals surface area contributed by atoms with Crippen molar-refractivity contribution in [2.24, 2.45) is 0 Å². The number of fused-ring (bicyclic) bond motifs is 6. The maximum atomic E-state index is 5.61. The number of thiophene rings is 2. The molecule has 3 aromatic heterocycles. The van der Waals surface area contributed by atoms with Crippen LogP contribution in [0.15, 0.2) is 212 Å². The highest BCUT2D eigenvalue weighted by Gasteiger charge is 2.25. The zero-order valence-electron chi connectivity index (χ0n) is 33.4. The minimum atomic E-state index is 0.623. The van der Waals surface area contributed by atoms with E-state index in [-0.39, 0.29) is 0 Å². The Bertz CT molecular complexity index is 3500. The van der Waals surface area contributed by atoms with E-state index in [0.717, 1.165) is 70.6 Å². The van der Waals surface area contributed by atoms with E-state index in [9.17, 15) is 0 Å². The van der Waals surface area contributed by atoms with Crippen LogP contribution >= 0.6 is 22.7 Å². The van der Waals surface area contributed by atoms with Crippen molar-refractivity contribution >= 4 is 63.0 Å². The Labute approximate surface area is 366 Å². The summed E-state index contributed by atoms with van der Waals surface area (Å²) in [5, 5.41) is 4.88. The second kappa shape index (κ2) is 15.2. The Balaban J connectivity index is 1.22. The summed E-state index contributed by atoms with van der Waals surface area (Å²) in [5.74, 6) is 1.92. The van der Waals surface area contributed by atoms with Crippen LogP contribution in [0.5, 0.6) is 0 Å². The Morgan fingerprint density at radius 2 is 0.661 bits per heavy atom. The molecule has 62 heavy (non-hydrogen) atoms. The first kappa shape index (κ1) is 36.3. The zero-order valence-corrected chi connectivity index (χ0v) is 35.0. The van der Waals surface area contributed by atoms with E-state index in [4.69, 9.17) is 15.0 Å². The van der Waals surface area contributed by atoms with Crippen LogP contribution in [0, 0.1) is 0 Å². The lowest BCUT2D eigenvalue weighted by Gasteiger charge is -2.20. The summed E-state index contributed by atoms with van der Waals surface area (Å²) in [7, 11) is 0. The van der Waals surface area contributed by atoms with E-state index in [1.807, 2.05) is 0 Å². The lowest BCUT2D eigenvalue weighted by molar-refractivity contribution is 1.08. The molecule has 0 atom stereocenters. The molecule has 0 aliphatic carbocycles. The van der Waals surface area contributed by atoms with Gasteiger partial charge in [-0.05, 0) is 80.9 Å². The van der Waals surface area contributed by atoms with Crippen molar-refractivity contribution in [3.8, 4) is 78.7 Å². The zero-order chi connectivity index (χ0) is 41.0. The Morgan fingerprint density at radius 1 is 0.258 bits per heavy atom. The number of benzene rings is 9. The van der Waals surface area contributed by atoms with Crippen molar-refractivity contribution in [2.75, 3.05) is 0 Å². The fraction of sp³-hybridized carbons (Fsp3) is 0. The lowest BCUT2D eigenvalue weighted by Crippen LogP contribution is -2.03. The average Bonchev–Trinajstić information content (AvgIpc) is 3.93. The number of rotatable bonds is 7. The van der Waals surface area contributed by atoms with Crippen LogP contribution in [0.1, 0.15) is 0 Å². The van der Waals surface area contributed by atoms with Gasteiger partial charge in [-0.25, -0.2) is 15.0 Å². The minimum Gasteiger partial charge on any atom is -0.208 e. The largest absolute Gasteiger partial charge is 0.208 e. The number of nitrogens with zero attached hydrogens (tertiary/aromatic N) is 3. The molecule has 12 rings (SSSR count). The number of hydrogen-bond donors (Lipinski definition) is 0. The van der Waals surface area contributed by atoms with Gasteiger partial charge in [-0.15, -0.1) is 22.7 Å². The molecule has 0 saturated carbocycles. The first-order valence-electron chi connectivity index (χ1n) is 20.8. The Hall–Kier alpha value is -7.57. The van der Waals surface area contributed by atoms with Crippen LogP contribution in [0.2, 0.25) is 0 Å². The smallest absolute Gasteiger partial charge is 0.165 e. The summed E-state index contributed by atoms with van der Waals surface area (Å²) >= 11 is 3.59. The molecule has 0 saturated heterocycles. The molecule has 3 nitrogen and oxygen atoms in total. The van der Waals surface area contributed by atoms with Crippen molar-refractivity contribution in [3.05, 3.63) is 212 Å². The molecule has 0 spiro atoms. The molecule has 0 aliphatic heterocycles. The quantitative estimate of drug-likeness (QED) is 0.161. The van der Waals surface area contributed by atoms with Gasteiger partial charge in [0.05, 0.1) is 0 Å². The lowest BCUT2D eigenvalue weighted by atomic mass is 9.85. The van der Waals surface area contributed by atoms with Crippen molar-refractivity contribution in [3.63, 3.8) is 0 Å². The maximum Gasteiger partial charge on any atom is 0.165 e. The van der Waals surface area contributed by atoms with Gasteiger partial charge in [0.25, 0.3) is 0 Å². The van der Waals surface area contributed by atoms with Crippen LogP contribution in [-0.4, -0.2) is 15.0 Å². The third-order valence-corrected chi connectivity index (χ3v) is 14.2. The molecule has 12 aromatic rings. The van der Waals surface area contributed by atoms with Gasteiger partial charge in [0.15, 0.2) is 17.5 Å². The summed E-state index contributed by atoms with van der Waals surface area (Å²) in [4.78, 5) is 16.7. The van der Waals surface area contributed by atoms with Crippen LogP contribution < -0.4 is 0 Å². The predicted octanol–water partition coefficient (Wildman–Crippen LogP) is 16.3. The molecule has 3 heterocycles. The molecule has 0 N–H and O–H groups in total. The highest BCUT2D eigenvalue weighted by atomic mass is 32.1. The first-order valence-corrected chi connectivity index (χ1v) is 22.4. The number of aromatic nitrogens is 3. The van der Waals surface area contributed by atoms with E-state index >= 15 is 0 Å². The van der Waals surface area contributed by atoms with E-state index in [1.165, 1.54) is 30.9 Å². The molecule has 5 heteroatoms. The number of hydrogen-bond acceptors (Lipinski definition) is 5. The van der Waals surface area contributed by atoms with E-state index < -0.39 is 0 Å². The Morgan fingerprint density at radius 3 is 1.23 bits per heavy atom. The second-order valence-corrected chi connectivity index (χ2v) is 17.6. The van der Waals surface area contributed by atoms with Crippen molar-refractivity contribution in [1.29, 1.82) is 0 Å². The van der Waals surface area contributed by atoms with Gasteiger partial charge in [0.1, 0.15) is 0 Å². The van der Waals surface area contributed by atoms with Gasteiger partial charge in [-0.3, -0.25) is 0 Å². The molecule has 0 bridgehead atoms. The summed E-state index contributed by atoms with van der Waals surface area (Å²) in [6.07, 6.45) is 0. The summed E-state index contributed by atoms with van der Waals surface area (Å²) in [6, 6.07) is 75.7. The third-order valence-electron chi connectivity index (χ3n) is 11.8. The monoisotopic (exact) mass is 825 g/mol. The second-order valence-electron chi connectivity index (χ2n) is 15.5. The molecule has 290 valence electrons. The average molecular weight is 826 g/mol. The topological polar surface area (TPSA) is 38.7 Å². The summed E-state index contributed by atoms with van der Waals surface area (Å²) in [5.41, 5.74) is 11.8. The van der Waals surface area contributed by atoms with E-state index in [1.54, 1.807) is 22.7 Å². The van der Waals surface area contributed by atoms with Crippen molar-refractivity contribution in [2.45, 2.75) is 0 Å². The normalized spacial score (nSPS) is 11.5. The fourth-order valence-electron chi connectivity index (χ4n) is 8.90. The van der Waals surface area contributed by atoms with Gasteiger partial charge < -0.3 is 0 Å². The first-order chi connectivity index (χ1) is 30.7. The standard InChI is InChI=1S/C57H35N3S2/c1-4-18-36(19-5-1)39-34-48(38-22-8-3-9-23-38)52(49(35-39)41-25-11-10-24-40(41)37-20-6-2-7-21-37)57-59-55(46-30-16-28-44-42-26-12-14-32-50(42)61-53(44)46)58-56(60-57)47-31-17-29-45-43-27-13-15-33-51(43)62-54(45)47/h1-35H. The molecule has 9 aromatic carbocycles. The van der Waals surface area contributed by atoms with Crippen LogP contribution in [0.4, 0.5) is 0 Å². The van der Waals surface area contributed by atoms with Gasteiger partial charge in [-0.1, -0.05) is 176 Å². The van der Waals surface area contributed by atoms with E-state index in [2.05, 4.69) is 212 Å². The SMILES string of the molecule is c1ccc(-c2cc(-c3ccccc3)c(-c3nc(-c4cccc5c4sc4ccccc45)nc(-c4cccc5c4sc4ccccc45)n3)c(-c3ccccc3-c3ccccc3)c2)cc1. The summed E-state index contributed by atoms with van der Waals surface area (Å²) < 4.78 is 4.80. The highest BCUT2D eigenvalue weighted by molar-refractivity contribution is 7.26. The van der Waals surface area contributed by atoms with Gasteiger partial charge in [0.2, 0.25) is 0 Å². The predicted molar refractivity (Wildman–Crippen MR) is 264 cm³/mol. The highest BCUT2D eigenvalue weighted by Crippen LogP contribution is 2.47. The van der Waals surface area contributed by atoms with Crippen molar-refractivity contribution in [1.82, 2.24) is 15.0 Å². The molecule has 0 fully saturated rings. The molecule has 0 amide bonds. The van der Waals surface area contributed by atoms with Gasteiger partial charge in [0, 0.05) is 57.0 Å².